The second-order valence-electron chi connectivity index (χ2n) is 11.4. The number of benzene rings is 1. The summed E-state index contributed by atoms with van der Waals surface area (Å²) in [5.41, 5.74) is 2.87. The first-order valence-corrected chi connectivity index (χ1v) is 13.9. The van der Waals surface area contributed by atoms with Gasteiger partial charge in [0.05, 0.1) is 30.3 Å². The van der Waals surface area contributed by atoms with Gasteiger partial charge in [-0.2, -0.15) is 9.97 Å². The van der Waals surface area contributed by atoms with Crippen LogP contribution in [0.5, 0.6) is 0 Å². The van der Waals surface area contributed by atoms with Gasteiger partial charge in [-0.1, -0.05) is 19.1 Å². The normalized spacial score (nSPS) is 16.6. The molecule has 0 saturated carbocycles. The number of hydrogen-bond donors (Lipinski definition) is 0. The van der Waals surface area contributed by atoms with E-state index in [1.165, 1.54) is 0 Å². The topological polar surface area (TPSA) is 107 Å². The largest absolute Gasteiger partial charge is 0.444 e. The molecule has 12 heteroatoms. The molecule has 6 rings (SSSR count). The number of aromatic nitrogens is 6. The number of morpholine rings is 1. The van der Waals surface area contributed by atoms with E-state index in [0.29, 0.717) is 32.3 Å². The number of imidazole rings is 2. The summed E-state index contributed by atoms with van der Waals surface area (Å²) in [5.74, 6) is 3.06. The minimum Gasteiger partial charge on any atom is -0.444 e. The molecule has 3 aromatic heterocycles. The number of anilines is 2. The van der Waals surface area contributed by atoms with Gasteiger partial charge in [0.15, 0.2) is 17.0 Å². The Labute approximate surface area is 233 Å². The van der Waals surface area contributed by atoms with E-state index < -0.39 is 5.60 Å². The zero-order valence-electron chi connectivity index (χ0n) is 24.1. The molecule has 40 heavy (non-hydrogen) atoms. The van der Waals surface area contributed by atoms with Crippen LogP contribution in [0.4, 0.5) is 16.6 Å². The first-order chi connectivity index (χ1) is 19.1. The van der Waals surface area contributed by atoms with E-state index in [-0.39, 0.29) is 12.1 Å². The number of amides is 1. The maximum atomic E-state index is 12.5. The minimum atomic E-state index is -0.518. The predicted octanol–water partition coefficient (Wildman–Crippen LogP) is 3.16. The van der Waals surface area contributed by atoms with Crippen molar-refractivity contribution in [3.8, 4) is 5.95 Å². The molecule has 12 nitrogen and oxygen atoms in total. The van der Waals surface area contributed by atoms with Gasteiger partial charge in [0.1, 0.15) is 11.4 Å². The molecule has 2 saturated heterocycles. The molecule has 212 valence electrons. The first kappa shape index (κ1) is 26.3. The lowest BCUT2D eigenvalue weighted by atomic mass is 10.1. The fraction of sp³-hybridized carbons (Fsp3) is 0.536. The third-order valence-corrected chi connectivity index (χ3v) is 7.50. The average Bonchev–Trinajstić information content (AvgIpc) is 3.44. The van der Waals surface area contributed by atoms with Crippen molar-refractivity contribution in [3.05, 3.63) is 30.1 Å². The minimum absolute atomic E-state index is 0.117. The summed E-state index contributed by atoms with van der Waals surface area (Å²) < 4.78 is 15.2. The van der Waals surface area contributed by atoms with Gasteiger partial charge in [0, 0.05) is 46.7 Å². The van der Waals surface area contributed by atoms with Crippen molar-refractivity contribution < 1.29 is 14.3 Å². The molecule has 0 radical (unpaired) electrons. The van der Waals surface area contributed by atoms with E-state index in [4.69, 9.17) is 29.4 Å². The van der Waals surface area contributed by atoms with Crippen molar-refractivity contribution in [1.82, 2.24) is 34.0 Å². The van der Waals surface area contributed by atoms with Crippen LogP contribution in [-0.2, 0) is 22.9 Å². The van der Waals surface area contributed by atoms with Gasteiger partial charge in [0.25, 0.3) is 0 Å². The first-order valence-electron chi connectivity index (χ1n) is 13.9. The summed E-state index contributed by atoms with van der Waals surface area (Å²) in [4.78, 5) is 38.7. The van der Waals surface area contributed by atoms with Crippen molar-refractivity contribution in [3.63, 3.8) is 0 Å². The van der Waals surface area contributed by atoms with Crippen LogP contribution in [0, 0.1) is 0 Å². The molecule has 0 aliphatic carbocycles. The Morgan fingerprint density at radius 1 is 1.10 bits per heavy atom. The second kappa shape index (κ2) is 9.92. The highest BCUT2D eigenvalue weighted by Gasteiger charge is 2.37. The molecule has 2 aliphatic heterocycles. The smallest absolute Gasteiger partial charge is 0.410 e. The van der Waals surface area contributed by atoms with E-state index in [9.17, 15) is 4.79 Å². The summed E-state index contributed by atoms with van der Waals surface area (Å²) in [5, 5.41) is 0. The van der Waals surface area contributed by atoms with E-state index in [1.807, 2.05) is 57.6 Å². The monoisotopic (exact) mass is 547 g/mol. The lowest BCUT2D eigenvalue weighted by Crippen LogP contribution is -2.61. The Morgan fingerprint density at radius 3 is 2.52 bits per heavy atom. The van der Waals surface area contributed by atoms with Gasteiger partial charge in [-0.3, -0.25) is 9.13 Å². The van der Waals surface area contributed by atoms with Gasteiger partial charge >= 0.3 is 6.09 Å². The van der Waals surface area contributed by atoms with Crippen LogP contribution >= 0.6 is 0 Å². The molecule has 4 aromatic rings. The number of carbonyl (C=O) groups is 1. The van der Waals surface area contributed by atoms with Crippen molar-refractivity contribution in [2.75, 3.05) is 56.2 Å². The Kier molecular flexibility index (Phi) is 6.52. The highest BCUT2D eigenvalue weighted by molar-refractivity contribution is 5.87. The van der Waals surface area contributed by atoms with E-state index in [0.717, 1.165) is 59.3 Å². The number of carbonyl (C=O) groups excluding carboxylic acids is 1. The zero-order valence-corrected chi connectivity index (χ0v) is 24.1. The highest BCUT2D eigenvalue weighted by Crippen LogP contribution is 2.32. The number of ether oxygens (including phenoxy) is 2. The van der Waals surface area contributed by atoms with E-state index in [1.54, 1.807) is 4.90 Å². The Bertz CT molecular complexity index is 1560. The van der Waals surface area contributed by atoms with Crippen LogP contribution in [-0.4, -0.2) is 98.1 Å². The quantitative estimate of drug-likeness (QED) is 0.372. The van der Waals surface area contributed by atoms with Crippen LogP contribution in [0.2, 0.25) is 0 Å². The molecule has 1 aromatic carbocycles. The number of fused-ring (bicyclic) bond motifs is 2. The molecule has 0 spiro atoms. The Morgan fingerprint density at radius 2 is 1.82 bits per heavy atom. The summed E-state index contributed by atoms with van der Waals surface area (Å²) in [6.45, 7) is 11.6. The van der Waals surface area contributed by atoms with Crippen LogP contribution in [0.1, 0.15) is 33.5 Å². The number of likely N-dealkylation sites (tertiary alicyclic amines) is 1. The average molecular weight is 548 g/mol. The van der Waals surface area contributed by atoms with Crippen LogP contribution in [0.25, 0.3) is 28.1 Å². The molecular weight excluding hydrogens is 510 g/mol. The molecule has 0 unspecified atom stereocenters. The third kappa shape index (κ3) is 4.59. The zero-order chi connectivity index (χ0) is 28.2. The van der Waals surface area contributed by atoms with Crippen LogP contribution in [0.3, 0.4) is 0 Å². The fourth-order valence-electron chi connectivity index (χ4n) is 5.31. The Hall–Kier alpha value is -3.93. The summed E-state index contributed by atoms with van der Waals surface area (Å²) in [6.07, 6.45) is 0.463. The van der Waals surface area contributed by atoms with Crippen molar-refractivity contribution >= 4 is 40.1 Å². The molecule has 2 fully saturated rings. The van der Waals surface area contributed by atoms with Gasteiger partial charge in [-0.15, -0.1) is 0 Å². The lowest BCUT2D eigenvalue weighted by molar-refractivity contribution is 0.00838. The van der Waals surface area contributed by atoms with Gasteiger partial charge in [-0.05, 0) is 32.9 Å². The number of likely N-dealkylation sites (N-methyl/N-ethyl adjacent to an activating group) is 1. The van der Waals surface area contributed by atoms with E-state index in [2.05, 4.69) is 27.4 Å². The fourth-order valence-corrected chi connectivity index (χ4v) is 5.31. The Balaban J connectivity index is 1.40. The predicted molar refractivity (Wildman–Crippen MR) is 153 cm³/mol. The number of nitrogens with zero attached hydrogens (tertiary/aromatic N) is 9. The molecule has 2 aliphatic rings. The second-order valence-corrected chi connectivity index (χ2v) is 11.4. The number of hydrogen-bond acceptors (Lipinski definition) is 9. The molecule has 5 heterocycles. The maximum absolute atomic E-state index is 12.5. The molecule has 0 bridgehead atoms. The van der Waals surface area contributed by atoms with Crippen molar-refractivity contribution in [2.45, 2.75) is 45.8 Å². The third-order valence-electron chi connectivity index (χ3n) is 7.50. The number of rotatable bonds is 5. The lowest BCUT2D eigenvalue weighted by Gasteiger charge is -2.44. The number of aryl methyl sites for hydroxylation is 2. The standard InChI is InChI=1S/C28H37N9O3/c1-7-21-29-19-10-8-9-11-20(19)37(21)25-31-23-22(24(32-25)35-12-14-39-15-13-35)30-26(34(23)6)33(5)18-16-36(17-18)27(38)40-28(2,3)4/h8-11,18H,7,12-17H2,1-6H3. The SMILES string of the molecule is CCc1nc2ccccc2n1-c1nc(N2CCOCC2)c2nc(N(C)C3CN(C(=O)OC(C)(C)C)C3)n(C)c2n1. The highest BCUT2D eigenvalue weighted by atomic mass is 16.6. The number of para-hydroxylation sites is 2. The van der Waals surface area contributed by atoms with Crippen LogP contribution < -0.4 is 9.80 Å². The molecule has 0 N–H and O–H groups in total. The van der Waals surface area contributed by atoms with Crippen molar-refractivity contribution in [1.29, 1.82) is 0 Å². The van der Waals surface area contributed by atoms with Crippen molar-refractivity contribution in [2.24, 2.45) is 7.05 Å². The van der Waals surface area contributed by atoms with Gasteiger partial charge in [0.2, 0.25) is 11.9 Å². The molecule has 1 amide bonds. The maximum Gasteiger partial charge on any atom is 0.410 e. The molecular formula is C28H37N9O3. The summed E-state index contributed by atoms with van der Waals surface area (Å²) in [6, 6.07) is 8.20. The van der Waals surface area contributed by atoms with E-state index >= 15 is 0 Å². The van der Waals surface area contributed by atoms with Gasteiger partial charge < -0.3 is 24.2 Å². The van der Waals surface area contributed by atoms with Gasteiger partial charge in [-0.25, -0.2) is 14.8 Å². The van der Waals surface area contributed by atoms with Crippen LogP contribution in [0.15, 0.2) is 24.3 Å². The summed E-state index contributed by atoms with van der Waals surface area (Å²) in [7, 11) is 4.00. The summed E-state index contributed by atoms with van der Waals surface area (Å²) >= 11 is 0. The molecule has 0 atom stereocenters.